The van der Waals surface area contributed by atoms with Gasteiger partial charge in [-0.25, -0.2) is 4.68 Å². The Morgan fingerprint density at radius 1 is 1.35 bits per heavy atom. The summed E-state index contributed by atoms with van der Waals surface area (Å²) >= 11 is 0. The zero-order chi connectivity index (χ0) is 14.8. The number of aliphatic carboxylic acids is 1. The quantitative estimate of drug-likeness (QED) is 0.939. The molecule has 0 radical (unpaired) electrons. The molecule has 0 bridgehead atoms. The van der Waals surface area contributed by atoms with Crippen molar-refractivity contribution >= 4 is 5.97 Å². The van der Waals surface area contributed by atoms with E-state index in [1.807, 2.05) is 0 Å². The lowest BCUT2D eigenvalue weighted by Gasteiger charge is -2.08. The van der Waals surface area contributed by atoms with Gasteiger partial charge in [0.2, 0.25) is 0 Å². The third kappa shape index (κ3) is 3.37. The predicted molar refractivity (Wildman–Crippen MR) is 64.5 cm³/mol. The lowest BCUT2D eigenvalue weighted by molar-refractivity contribution is -0.138. The molecule has 1 N–H and O–H groups in total. The van der Waals surface area contributed by atoms with E-state index >= 15 is 0 Å². The van der Waals surface area contributed by atoms with Crippen molar-refractivity contribution in [2.24, 2.45) is 0 Å². The first-order valence-corrected chi connectivity index (χ1v) is 5.79. The molecule has 7 heteroatoms. The van der Waals surface area contributed by atoms with Crippen LogP contribution in [0.5, 0.6) is 0 Å². The molecule has 1 aromatic carbocycles. The molecule has 106 valence electrons. The third-order valence-corrected chi connectivity index (χ3v) is 2.70. The fourth-order valence-corrected chi connectivity index (χ4v) is 1.71. The van der Waals surface area contributed by atoms with Crippen LogP contribution in [0.15, 0.2) is 36.7 Å². The predicted octanol–water partition coefficient (Wildman–Crippen LogP) is 2.91. The highest BCUT2D eigenvalue weighted by molar-refractivity contribution is 5.67. The summed E-state index contributed by atoms with van der Waals surface area (Å²) in [6.45, 7) is 0. The minimum atomic E-state index is -4.41. The largest absolute Gasteiger partial charge is 0.481 e. The summed E-state index contributed by atoms with van der Waals surface area (Å²) in [5.41, 5.74) is 0.184. The molecular formula is C13H11F3N2O2. The van der Waals surface area contributed by atoms with Gasteiger partial charge in [-0.1, -0.05) is 6.07 Å². The Balaban J connectivity index is 2.22. The summed E-state index contributed by atoms with van der Waals surface area (Å²) in [6, 6.07) is 4.78. The summed E-state index contributed by atoms with van der Waals surface area (Å²) in [4.78, 5) is 10.5. The molecule has 0 amide bonds. The Labute approximate surface area is 112 Å². The molecule has 0 fully saturated rings. The Kier molecular flexibility index (Phi) is 3.78. The van der Waals surface area contributed by atoms with Gasteiger partial charge in [0, 0.05) is 12.6 Å². The number of alkyl halides is 3. The molecule has 4 nitrogen and oxygen atoms in total. The number of aryl methyl sites for hydroxylation is 1. The van der Waals surface area contributed by atoms with Crippen molar-refractivity contribution in [3.8, 4) is 5.69 Å². The number of hydrogen-bond donors (Lipinski definition) is 1. The highest BCUT2D eigenvalue weighted by Crippen LogP contribution is 2.30. The topological polar surface area (TPSA) is 55.1 Å². The Hall–Kier alpha value is -2.31. The van der Waals surface area contributed by atoms with Crippen molar-refractivity contribution in [3.05, 3.63) is 47.8 Å². The Morgan fingerprint density at radius 2 is 2.10 bits per heavy atom. The number of rotatable bonds is 4. The maximum absolute atomic E-state index is 12.6. The van der Waals surface area contributed by atoms with Crippen LogP contribution in [0.25, 0.3) is 5.69 Å². The van der Waals surface area contributed by atoms with Crippen molar-refractivity contribution in [2.75, 3.05) is 0 Å². The SMILES string of the molecule is O=C(O)CCc1cnn(-c2cccc(C(F)(F)F)c2)c1. The van der Waals surface area contributed by atoms with E-state index in [2.05, 4.69) is 5.10 Å². The number of benzene rings is 1. The molecule has 0 saturated heterocycles. The van der Waals surface area contributed by atoms with Gasteiger partial charge < -0.3 is 5.11 Å². The average molecular weight is 284 g/mol. The van der Waals surface area contributed by atoms with Gasteiger partial charge in [-0.05, 0) is 30.2 Å². The molecule has 0 saturated carbocycles. The van der Waals surface area contributed by atoms with Crippen LogP contribution >= 0.6 is 0 Å². The van der Waals surface area contributed by atoms with Crippen LogP contribution in [0.4, 0.5) is 13.2 Å². The second-order valence-electron chi connectivity index (χ2n) is 4.23. The van der Waals surface area contributed by atoms with Gasteiger partial charge in [-0.3, -0.25) is 4.79 Å². The van der Waals surface area contributed by atoms with Crippen LogP contribution in [0.2, 0.25) is 0 Å². The fraction of sp³-hybridized carbons (Fsp3) is 0.231. The van der Waals surface area contributed by atoms with Crippen LogP contribution in [-0.2, 0) is 17.4 Å². The van der Waals surface area contributed by atoms with E-state index in [9.17, 15) is 18.0 Å². The first kappa shape index (κ1) is 14.1. The number of nitrogens with zero attached hydrogens (tertiary/aromatic N) is 2. The molecule has 0 aliphatic carbocycles. The smallest absolute Gasteiger partial charge is 0.416 e. The average Bonchev–Trinajstić information content (AvgIpc) is 2.84. The van der Waals surface area contributed by atoms with E-state index in [0.29, 0.717) is 5.56 Å². The van der Waals surface area contributed by atoms with Crippen LogP contribution in [-0.4, -0.2) is 20.9 Å². The molecule has 2 rings (SSSR count). The van der Waals surface area contributed by atoms with Gasteiger partial charge >= 0.3 is 12.1 Å². The van der Waals surface area contributed by atoms with E-state index in [-0.39, 0.29) is 18.5 Å². The van der Waals surface area contributed by atoms with E-state index in [4.69, 9.17) is 5.11 Å². The van der Waals surface area contributed by atoms with E-state index in [0.717, 1.165) is 12.1 Å². The summed E-state index contributed by atoms with van der Waals surface area (Å²) in [6.07, 6.45) is -1.19. The Bertz CT molecular complexity index is 620. The first-order valence-electron chi connectivity index (χ1n) is 5.79. The van der Waals surface area contributed by atoms with Gasteiger partial charge in [0.15, 0.2) is 0 Å². The summed E-state index contributed by atoms with van der Waals surface area (Å²) in [7, 11) is 0. The van der Waals surface area contributed by atoms with E-state index in [1.165, 1.54) is 29.2 Å². The van der Waals surface area contributed by atoms with Gasteiger partial charge in [-0.2, -0.15) is 18.3 Å². The van der Waals surface area contributed by atoms with Crippen molar-refractivity contribution in [1.29, 1.82) is 0 Å². The summed E-state index contributed by atoms with van der Waals surface area (Å²) < 4.78 is 39.1. The van der Waals surface area contributed by atoms with E-state index < -0.39 is 17.7 Å². The number of aromatic nitrogens is 2. The normalized spacial score (nSPS) is 11.6. The Morgan fingerprint density at radius 3 is 2.75 bits per heavy atom. The standard InChI is InChI=1S/C13H11F3N2O2/c14-13(15,16)10-2-1-3-11(6-10)18-8-9(7-17-18)4-5-12(19)20/h1-3,6-8H,4-5H2,(H,19,20). The number of halogens is 3. The van der Waals surface area contributed by atoms with Crippen molar-refractivity contribution < 1.29 is 23.1 Å². The minimum Gasteiger partial charge on any atom is -0.481 e. The van der Waals surface area contributed by atoms with Crippen molar-refractivity contribution in [1.82, 2.24) is 9.78 Å². The molecule has 1 heterocycles. The molecule has 0 unspecified atom stereocenters. The molecule has 1 aromatic heterocycles. The van der Waals surface area contributed by atoms with Gasteiger partial charge in [-0.15, -0.1) is 0 Å². The van der Waals surface area contributed by atoms with E-state index in [1.54, 1.807) is 0 Å². The van der Waals surface area contributed by atoms with Crippen LogP contribution in [0.1, 0.15) is 17.5 Å². The lowest BCUT2D eigenvalue weighted by Crippen LogP contribution is -2.06. The molecule has 0 spiro atoms. The van der Waals surface area contributed by atoms with Crippen LogP contribution < -0.4 is 0 Å². The number of hydrogen-bond acceptors (Lipinski definition) is 2. The van der Waals surface area contributed by atoms with Crippen LogP contribution in [0, 0.1) is 0 Å². The molecule has 20 heavy (non-hydrogen) atoms. The first-order chi connectivity index (χ1) is 9.36. The van der Waals surface area contributed by atoms with Crippen molar-refractivity contribution in [3.63, 3.8) is 0 Å². The number of carboxylic acid groups (broad SMARTS) is 1. The number of carboxylic acids is 1. The fourth-order valence-electron chi connectivity index (χ4n) is 1.71. The molecule has 0 aliphatic rings. The van der Waals surface area contributed by atoms with Gasteiger partial charge in [0.05, 0.1) is 17.4 Å². The lowest BCUT2D eigenvalue weighted by atomic mass is 10.2. The summed E-state index contributed by atoms with van der Waals surface area (Å²) in [5, 5.41) is 12.5. The highest BCUT2D eigenvalue weighted by Gasteiger charge is 2.30. The summed E-state index contributed by atoms with van der Waals surface area (Å²) in [5.74, 6) is -0.934. The monoisotopic (exact) mass is 284 g/mol. The molecule has 0 aliphatic heterocycles. The molecule has 0 atom stereocenters. The van der Waals surface area contributed by atoms with Crippen molar-refractivity contribution in [2.45, 2.75) is 19.0 Å². The van der Waals surface area contributed by atoms with Gasteiger partial charge in [0.1, 0.15) is 0 Å². The number of carbonyl (C=O) groups is 1. The van der Waals surface area contributed by atoms with Crippen LogP contribution in [0.3, 0.4) is 0 Å². The third-order valence-electron chi connectivity index (χ3n) is 2.70. The second kappa shape index (κ2) is 5.36. The zero-order valence-electron chi connectivity index (χ0n) is 10.3. The second-order valence-corrected chi connectivity index (χ2v) is 4.23. The maximum Gasteiger partial charge on any atom is 0.416 e. The molecular weight excluding hydrogens is 273 g/mol. The molecule has 2 aromatic rings. The van der Waals surface area contributed by atoms with Gasteiger partial charge in [0.25, 0.3) is 0 Å². The highest BCUT2D eigenvalue weighted by atomic mass is 19.4. The maximum atomic E-state index is 12.6. The minimum absolute atomic E-state index is 0.0473. The zero-order valence-corrected chi connectivity index (χ0v) is 10.3.